The Morgan fingerprint density at radius 2 is 1.95 bits per heavy atom. The standard InChI is InChI=1S/C15H22N2O2/c1-3-12(2)13-4-6-14(7-5-13)16-15(18)17-8-10-19-11-9-17/h4-7,12H,3,8-11H2,1-2H3,(H,16,18)/t12-/m1/s1. The molecule has 1 aromatic rings. The second-order valence-electron chi connectivity index (χ2n) is 4.96. The van der Waals surface area contributed by atoms with E-state index in [9.17, 15) is 4.79 Å². The number of amides is 2. The zero-order valence-corrected chi connectivity index (χ0v) is 11.7. The van der Waals surface area contributed by atoms with Crippen LogP contribution in [-0.2, 0) is 4.74 Å². The summed E-state index contributed by atoms with van der Waals surface area (Å²) in [6.07, 6.45) is 1.12. The second kappa shape index (κ2) is 6.57. The van der Waals surface area contributed by atoms with Gasteiger partial charge in [0.1, 0.15) is 0 Å². The Morgan fingerprint density at radius 1 is 1.32 bits per heavy atom. The number of benzene rings is 1. The predicted octanol–water partition coefficient (Wildman–Crippen LogP) is 3.06. The van der Waals surface area contributed by atoms with E-state index in [2.05, 4.69) is 31.3 Å². The summed E-state index contributed by atoms with van der Waals surface area (Å²) in [4.78, 5) is 13.8. The van der Waals surface area contributed by atoms with Crippen LogP contribution in [0.25, 0.3) is 0 Å². The zero-order valence-electron chi connectivity index (χ0n) is 11.7. The number of hydrogen-bond acceptors (Lipinski definition) is 2. The van der Waals surface area contributed by atoms with Crippen LogP contribution in [0.2, 0.25) is 0 Å². The third-order valence-electron chi connectivity index (χ3n) is 3.64. The number of rotatable bonds is 3. The van der Waals surface area contributed by atoms with E-state index < -0.39 is 0 Å². The number of anilines is 1. The van der Waals surface area contributed by atoms with Crippen molar-refractivity contribution in [2.75, 3.05) is 31.6 Å². The van der Waals surface area contributed by atoms with Gasteiger partial charge in [-0.1, -0.05) is 26.0 Å². The highest BCUT2D eigenvalue weighted by molar-refractivity contribution is 5.89. The fourth-order valence-electron chi connectivity index (χ4n) is 2.10. The van der Waals surface area contributed by atoms with Crippen LogP contribution in [0.5, 0.6) is 0 Å². The van der Waals surface area contributed by atoms with Crippen molar-refractivity contribution in [3.05, 3.63) is 29.8 Å². The molecule has 0 bridgehead atoms. The summed E-state index contributed by atoms with van der Waals surface area (Å²) in [7, 11) is 0. The normalized spacial score (nSPS) is 17.1. The maximum Gasteiger partial charge on any atom is 0.321 e. The quantitative estimate of drug-likeness (QED) is 0.909. The lowest BCUT2D eigenvalue weighted by Crippen LogP contribution is -2.43. The summed E-state index contributed by atoms with van der Waals surface area (Å²) >= 11 is 0. The Morgan fingerprint density at radius 3 is 2.53 bits per heavy atom. The monoisotopic (exact) mass is 262 g/mol. The van der Waals surface area contributed by atoms with Gasteiger partial charge in [-0.3, -0.25) is 0 Å². The van der Waals surface area contributed by atoms with Crippen LogP contribution in [0.4, 0.5) is 10.5 Å². The molecule has 0 radical (unpaired) electrons. The van der Waals surface area contributed by atoms with E-state index in [1.807, 2.05) is 12.1 Å². The van der Waals surface area contributed by atoms with Crippen molar-refractivity contribution in [2.24, 2.45) is 0 Å². The molecule has 1 fully saturated rings. The second-order valence-corrected chi connectivity index (χ2v) is 4.96. The van der Waals surface area contributed by atoms with Crippen LogP contribution < -0.4 is 5.32 Å². The van der Waals surface area contributed by atoms with Crippen molar-refractivity contribution in [3.63, 3.8) is 0 Å². The maximum absolute atomic E-state index is 12.0. The molecular weight excluding hydrogens is 240 g/mol. The van der Waals surface area contributed by atoms with Gasteiger partial charge >= 0.3 is 6.03 Å². The fourth-order valence-corrected chi connectivity index (χ4v) is 2.10. The first-order valence-corrected chi connectivity index (χ1v) is 6.94. The zero-order chi connectivity index (χ0) is 13.7. The molecule has 2 amide bonds. The van der Waals surface area contributed by atoms with Gasteiger partial charge in [0, 0.05) is 18.8 Å². The Balaban J connectivity index is 1.93. The molecule has 1 saturated heterocycles. The molecule has 1 aliphatic heterocycles. The van der Waals surface area contributed by atoms with Crippen LogP contribution in [0.1, 0.15) is 31.7 Å². The number of carbonyl (C=O) groups excluding carboxylic acids is 1. The highest BCUT2D eigenvalue weighted by Gasteiger charge is 2.16. The summed E-state index contributed by atoms with van der Waals surface area (Å²) in [5, 5.41) is 2.93. The summed E-state index contributed by atoms with van der Waals surface area (Å²) in [6, 6.07) is 8.07. The minimum Gasteiger partial charge on any atom is -0.378 e. The number of morpholine rings is 1. The van der Waals surface area contributed by atoms with Crippen LogP contribution in [0.15, 0.2) is 24.3 Å². The minimum absolute atomic E-state index is 0.0420. The highest BCUT2D eigenvalue weighted by Crippen LogP contribution is 2.20. The lowest BCUT2D eigenvalue weighted by molar-refractivity contribution is 0.0564. The van der Waals surface area contributed by atoms with Crippen molar-refractivity contribution in [1.82, 2.24) is 4.90 Å². The van der Waals surface area contributed by atoms with Crippen molar-refractivity contribution < 1.29 is 9.53 Å². The molecule has 1 heterocycles. The number of ether oxygens (including phenoxy) is 1. The molecule has 0 saturated carbocycles. The molecule has 19 heavy (non-hydrogen) atoms. The van der Waals surface area contributed by atoms with Gasteiger partial charge in [0.05, 0.1) is 13.2 Å². The number of hydrogen-bond donors (Lipinski definition) is 1. The van der Waals surface area contributed by atoms with E-state index >= 15 is 0 Å². The third kappa shape index (κ3) is 3.70. The molecule has 0 aromatic heterocycles. The van der Waals surface area contributed by atoms with Crippen LogP contribution in [0.3, 0.4) is 0 Å². The molecule has 1 atom stereocenters. The summed E-state index contributed by atoms with van der Waals surface area (Å²) in [5.41, 5.74) is 2.16. The van der Waals surface area contributed by atoms with Gasteiger partial charge in [0.25, 0.3) is 0 Å². The van der Waals surface area contributed by atoms with Crippen LogP contribution in [0, 0.1) is 0 Å². The number of nitrogens with zero attached hydrogens (tertiary/aromatic N) is 1. The fraction of sp³-hybridized carbons (Fsp3) is 0.533. The van der Waals surface area contributed by atoms with E-state index in [0.29, 0.717) is 32.2 Å². The molecule has 2 rings (SSSR count). The van der Waals surface area contributed by atoms with E-state index in [-0.39, 0.29) is 6.03 Å². The van der Waals surface area contributed by atoms with Gasteiger partial charge < -0.3 is 15.0 Å². The molecule has 1 N–H and O–H groups in total. The first-order valence-electron chi connectivity index (χ1n) is 6.94. The Kier molecular flexibility index (Phi) is 4.80. The first-order chi connectivity index (χ1) is 9.20. The molecule has 1 aliphatic rings. The molecule has 4 heteroatoms. The van der Waals surface area contributed by atoms with Crippen molar-refractivity contribution in [3.8, 4) is 0 Å². The van der Waals surface area contributed by atoms with Gasteiger partial charge in [0.15, 0.2) is 0 Å². The van der Waals surface area contributed by atoms with Crippen LogP contribution >= 0.6 is 0 Å². The number of nitrogens with one attached hydrogen (secondary N) is 1. The first kappa shape index (κ1) is 13.9. The van der Waals surface area contributed by atoms with Crippen molar-refractivity contribution in [2.45, 2.75) is 26.2 Å². The molecule has 0 unspecified atom stereocenters. The number of carbonyl (C=O) groups is 1. The maximum atomic E-state index is 12.0. The van der Waals surface area contributed by atoms with Crippen molar-refractivity contribution in [1.29, 1.82) is 0 Å². The predicted molar refractivity (Wildman–Crippen MR) is 76.6 cm³/mol. The molecule has 104 valence electrons. The lowest BCUT2D eigenvalue weighted by Gasteiger charge is -2.27. The summed E-state index contributed by atoms with van der Waals surface area (Å²) in [6.45, 7) is 6.97. The smallest absolute Gasteiger partial charge is 0.321 e. The van der Waals surface area contributed by atoms with E-state index in [1.54, 1.807) is 4.90 Å². The largest absolute Gasteiger partial charge is 0.378 e. The summed E-state index contributed by atoms with van der Waals surface area (Å²) in [5.74, 6) is 0.559. The van der Waals surface area contributed by atoms with Gasteiger partial charge in [-0.25, -0.2) is 4.79 Å². The SMILES string of the molecule is CC[C@@H](C)c1ccc(NC(=O)N2CCOCC2)cc1. The summed E-state index contributed by atoms with van der Waals surface area (Å²) < 4.78 is 5.23. The Hall–Kier alpha value is -1.55. The van der Waals surface area contributed by atoms with Crippen LogP contribution in [-0.4, -0.2) is 37.2 Å². The van der Waals surface area contributed by atoms with E-state index in [1.165, 1.54) is 5.56 Å². The molecular formula is C15H22N2O2. The van der Waals surface area contributed by atoms with Gasteiger partial charge in [0.2, 0.25) is 0 Å². The molecule has 0 spiro atoms. The van der Waals surface area contributed by atoms with E-state index in [4.69, 9.17) is 4.74 Å². The molecule has 0 aliphatic carbocycles. The minimum atomic E-state index is -0.0420. The van der Waals surface area contributed by atoms with Gasteiger partial charge in [-0.2, -0.15) is 0 Å². The van der Waals surface area contributed by atoms with Gasteiger partial charge in [-0.15, -0.1) is 0 Å². The average molecular weight is 262 g/mol. The Bertz CT molecular complexity index is 411. The van der Waals surface area contributed by atoms with Crippen molar-refractivity contribution >= 4 is 11.7 Å². The lowest BCUT2D eigenvalue weighted by atomic mass is 9.99. The Labute approximate surface area is 114 Å². The van der Waals surface area contributed by atoms with Gasteiger partial charge in [-0.05, 0) is 30.0 Å². The topological polar surface area (TPSA) is 41.6 Å². The molecule has 1 aromatic carbocycles. The number of urea groups is 1. The average Bonchev–Trinajstić information content (AvgIpc) is 2.48. The molecule has 4 nitrogen and oxygen atoms in total. The van der Waals surface area contributed by atoms with E-state index in [0.717, 1.165) is 12.1 Å². The third-order valence-corrected chi connectivity index (χ3v) is 3.64. The highest BCUT2D eigenvalue weighted by atomic mass is 16.5.